The molecular formula is C15H14N4O2. The molecule has 1 aromatic heterocycles. The molecule has 21 heavy (non-hydrogen) atoms. The first-order valence-electron chi connectivity index (χ1n) is 6.37. The summed E-state index contributed by atoms with van der Waals surface area (Å²) >= 11 is 0. The van der Waals surface area contributed by atoms with Crippen LogP contribution < -0.4 is 15.8 Å². The third-order valence-electron chi connectivity index (χ3n) is 3.17. The van der Waals surface area contributed by atoms with E-state index in [-0.39, 0.29) is 5.91 Å². The van der Waals surface area contributed by atoms with Gasteiger partial charge in [-0.2, -0.15) is 5.10 Å². The number of rotatable bonds is 3. The number of carbonyl (C=O) groups excluding carboxylic acids is 1. The van der Waals surface area contributed by atoms with Crippen LogP contribution in [0, 0.1) is 0 Å². The van der Waals surface area contributed by atoms with Crippen molar-refractivity contribution in [1.29, 1.82) is 0 Å². The van der Waals surface area contributed by atoms with Crippen molar-refractivity contribution in [3.8, 4) is 5.75 Å². The molecule has 0 unspecified atom stereocenters. The highest BCUT2D eigenvalue weighted by Gasteiger charge is 2.14. The molecule has 6 nitrogen and oxygen atoms in total. The van der Waals surface area contributed by atoms with Crippen molar-refractivity contribution >= 4 is 28.2 Å². The number of hydrogen-bond donors (Lipinski definition) is 3. The normalized spacial score (nSPS) is 10.5. The van der Waals surface area contributed by atoms with Crippen LogP contribution in [0.3, 0.4) is 0 Å². The summed E-state index contributed by atoms with van der Waals surface area (Å²) in [6.45, 7) is 0. The highest BCUT2D eigenvalue weighted by Crippen LogP contribution is 2.25. The predicted molar refractivity (Wildman–Crippen MR) is 81.5 cm³/mol. The van der Waals surface area contributed by atoms with E-state index in [0.29, 0.717) is 22.8 Å². The molecule has 0 spiro atoms. The number of carbonyl (C=O) groups is 1. The fourth-order valence-electron chi connectivity index (χ4n) is 2.14. The van der Waals surface area contributed by atoms with Crippen molar-refractivity contribution in [2.45, 2.75) is 0 Å². The molecule has 3 aromatic rings. The van der Waals surface area contributed by atoms with E-state index in [2.05, 4.69) is 15.5 Å². The number of fused-ring (bicyclic) bond motifs is 1. The van der Waals surface area contributed by atoms with Crippen molar-refractivity contribution in [3.63, 3.8) is 0 Å². The lowest BCUT2D eigenvalue weighted by molar-refractivity contribution is 0.102. The predicted octanol–water partition coefficient (Wildman–Crippen LogP) is 2.41. The Morgan fingerprint density at radius 1 is 1.29 bits per heavy atom. The van der Waals surface area contributed by atoms with Crippen molar-refractivity contribution in [3.05, 3.63) is 48.2 Å². The van der Waals surface area contributed by atoms with Gasteiger partial charge in [-0.05, 0) is 24.3 Å². The largest absolute Gasteiger partial charge is 0.495 e. The topological polar surface area (TPSA) is 93.0 Å². The van der Waals surface area contributed by atoms with Crippen molar-refractivity contribution in [2.75, 3.05) is 18.2 Å². The van der Waals surface area contributed by atoms with E-state index < -0.39 is 0 Å². The number of anilines is 2. The molecular weight excluding hydrogens is 268 g/mol. The zero-order valence-corrected chi connectivity index (χ0v) is 11.4. The number of para-hydroxylation sites is 1. The minimum Gasteiger partial charge on any atom is -0.495 e. The molecule has 0 radical (unpaired) electrons. The highest BCUT2D eigenvalue weighted by molar-refractivity contribution is 6.11. The molecule has 0 aliphatic heterocycles. The van der Waals surface area contributed by atoms with Gasteiger partial charge >= 0.3 is 0 Å². The molecule has 4 N–H and O–H groups in total. The van der Waals surface area contributed by atoms with E-state index in [0.717, 1.165) is 10.9 Å². The molecule has 0 fully saturated rings. The molecule has 2 aromatic carbocycles. The zero-order chi connectivity index (χ0) is 14.8. The minimum absolute atomic E-state index is 0.294. The fourth-order valence-corrected chi connectivity index (χ4v) is 2.14. The number of methoxy groups -OCH3 is 1. The van der Waals surface area contributed by atoms with E-state index in [9.17, 15) is 4.79 Å². The second-order valence-electron chi connectivity index (χ2n) is 4.53. The van der Waals surface area contributed by atoms with Gasteiger partial charge in [0, 0.05) is 11.1 Å². The van der Waals surface area contributed by atoms with Crippen LogP contribution in [0.1, 0.15) is 10.5 Å². The number of nitrogens with two attached hydrogens (primary N) is 1. The van der Waals surface area contributed by atoms with E-state index in [1.54, 1.807) is 25.3 Å². The quantitative estimate of drug-likeness (QED) is 0.643. The molecule has 6 heteroatoms. The van der Waals surface area contributed by atoms with Crippen LogP contribution in [0.15, 0.2) is 42.5 Å². The van der Waals surface area contributed by atoms with Gasteiger partial charge in [0.15, 0.2) is 5.69 Å². The standard InChI is InChI=1S/C15H14N4O2/c1-21-13-7-6-9(8-11(13)16)17-15(20)14-10-4-2-3-5-12(10)18-19-14/h2-8H,16H2,1H3,(H,17,20)(H,18,19). The maximum atomic E-state index is 12.3. The molecule has 1 heterocycles. The summed E-state index contributed by atoms with van der Waals surface area (Å²) in [4.78, 5) is 12.3. The van der Waals surface area contributed by atoms with Gasteiger partial charge in [-0.25, -0.2) is 0 Å². The number of ether oxygens (including phenoxy) is 1. The zero-order valence-electron chi connectivity index (χ0n) is 11.4. The van der Waals surface area contributed by atoms with Gasteiger partial charge in [0.1, 0.15) is 5.75 Å². The summed E-state index contributed by atoms with van der Waals surface area (Å²) in [7, 11) is 1.54. The molecule has 0 bridgehead atoms. The number of nitrogens with zero attached hydrogens (tertiary/aromatic N) is 1. The Labute approximate surface area is 120 Å². The number of benzene rings is 2. The van der Waals surface area contributed by atoms with Crippen LogP contribution >= 0.6 is 0 Å². The van der Waals surface area contributed by atoms with Gasteiger partial charge in [-0.1, -0.05) is 18.2 Å². The van der Waals surface area contributed by atoms with Crippen LogP contribution in [-0.4, -0.2) is 23.2 Å². The number of aromatic nitrogens is 2. The Kier molecular flexibility index (Phi) is 3.19. The molecule has 0 saturated heterocycles. The Morgan fingerprint density at radius 2 is 2.10 bits per heavy atom. The minimum atomic E-state index is -0.294. The number of nitrogen functional groups attached to an aromatic ring is 1. The van der Waals surface area contributed by atoms with Crippen LogP contribution in [0.25, 0.3) is 10.9 Å². The average molecular weight is 282 g/mol. The number of aromatic amines is 1. The first kappa shape index (κ1) is 13.0. The Morgan fingerprint density at radius 3 is 2.86 bits per heavy atom. The monoisotopic (exact) mass is 282 g/mol. The number of H-pyrrole nitrogens is 1. The lowest BCUT2D eigenvalue weighted by Gasteiger charge is -2.08. The second-order valence-corrected chi connectivity index (χ2v) is 4.53. The summed E-state index contributed by atoms with van der Waals surface area (Å²) in [5.41, 5.74) is 8.03. The van der Waals surface area contributed by atoms with Crippen LogP contribution in [0.2, 0.25) is 0 Å². The number of nitrogens with one attached hydrogen (secondary N) is 2. The van der Waals surface area contributed by atoms with Gasteiger partial charge in [0.2, 0.25) is 0 Å². The van der Waals surface area contributed by atoms with Crippen LogP contribution in [0.5, 0.6) is 5.75 Å². The molecule has 1 amide bonds. The molecule has 0 saturated carbocycles. The van der Waals surface area contributed by atoms with Gasteiger partial charge in [-0.3, -0.25) is 9.89 Å². The maximum absolute atomic E-state index is 12.3. The van der Waals surface area contributed by atoms with Crippen LogP contribution in [-0.2, 0) is 0 Å². The van der Waals surface area contributed by atoms with E-state index in [1.165, 1.54) is 0 Å². The number of hydrogen-bond acceptors (Lipinski definition) is 4. The Balaban J connectivity index is 1.88. The van der Waals surface area contributed by atoms with Crippen LogP contribution in [0.4, 0.5) is 11.4 Å². The molecule has 0 aliphatic rings. The lowest BCUT2D eigenvalue weighted by atomic mass is 10.2. The van der Waals surface area contributed by atoms with Crippen molar-refractivity contribution in [2.24, 2.45) is 0 Å². The van der Waals surface area contributed by atoms with Crippen molar-refractivity contribution < 1.29 is 9.53 Å². The average Bonchev–Trinajstić information content (AvgIpc) is 2.91. The Hall–Kier alpha value is -3.02. The van der Waals surface area contributed by atoms with E-state index in [4.69, 9.17) is 10.5 Å². The van der Waals surface area contributed by atoms with Gasteiger partial charge in [-0.15, -0.1) is 0 Å². The van der Waals surface area contributed by atoms with E-state index >= 15 is 0 Å². The van der Waals surface area contributed by atoms with Gasteiger partial charge in [0.05, 0.1) is 18.3 Å². The first-order chi connectivity index (χ1) is 10.2. The number of amides is 1. The molecule has 106 valence electrons. The summed E-state index contributed by atoms with van der Waals surface area (Å²) < 4.78 is 5.08. The fraction of sp³-hybridized carbons (Fsp3) is 0.0667. The molecule has 0 aliphatic carbocycles. The van der Waals surface area contributed by atoms with Gasteiger partial charge < -0.3 is 15.8 Å². The third kappa shape index (κ3) is 2.38. The first-order valence-corrected chi connectivity index (χ1v) is 6.37. The smallest absolute Gasteiger partial charge is 0.276 e. The van der Waals surface area contributed by atoms with Gasteiger partial charge in [0.25, 0.3) is 5.91 Å². The Bertz CT molecular complexity index is 810. The van der Waals surface area contributed by atoms with Crippen molar-refractivity contribution in [1.82, 2.24) is 10.2 Å². The third-order valence-corrected chi connectivity index (χ3v) is 3.17. The lowest BCUT2D eigenvalue weighted by Crippen LogP contribution is -2.13. The summed E-state index contributed by atoms with van der Waals surface area (Å²) in [6, 6.07) is 12.5. The SMILES string of the molecule is COc1ccc(NC(=O)c2n[nH]c3ccccc23)cc1N. The molecule has 3 rings (SSSR count). The second kappa shape index (κ2) is 5.16. The summed E-state index contributed by atoms with van der Waals surface area (Å²) in [6.07, 6.45) is 0. The summed E-state index contributed by atoms with van der Waals surface area (Å²) in [5.74, 6) is 0.273. The molecule has 0 atom stereocenters. The highest BCUT2D eigenvalue weighted by atomic mass is 16.5. The maximum Gasteiger partial charge on any atom is 0.276 e. The van der Waals surface area contributed by atoms with E-state index in [1.807, 2.05) is 24.3 Å². The summed E-state index contributed by atoms with van der Waals surface area (Å²) in [5, 5.41) is 10.4.